The molecule has 16 heavy (non-hydrogen) atoms. The molecule has 0 aliphatic rings. The zero-order valence-electron chi connectivity index (χ0n) is 9.32. The molecule has 0 saturated heterocycles. The van der Waals surface area contributed by atoms with Gasteiger partial charge < -0.3 is 9.72 Å². The van der Waals surface area contributed by atoms with E-state index in [1.807, 2.05) is 19.2 Å². The number of fused-ring (bicyclic) bond motifs is 1. The van der Waals surface area contributed by atoms with Crippen molar-refractivity contribution in [2.45, 2.75) is 19.8 Å². The van der Waals surface area contributed by atoms with Crippen LogP contribution in [0.4, 0.5) is 0 Å². The van der Waals surface area contributed by atoms with Gasteiger partial charge in [0.05, 0.1) is 6.61 Å². The molecule has 0 radical (unpaired) electrons. The molecule has 0 bridgehead atoms. The van der Waals surface area contributed by atoms with Crippen molar-refractivity contribution in [1.29, 1.82) is 0 Å². The lowest BCUT2D eigenvalue weighted by atomic mass is 10.1. The molecule has 1 aromatic carbocycles. The maximum atomic E-state index is 11.2. The van der Waals surface area contributed by atoms with Gasteiger partial charge in [0.2, 0.25) is 0 Å². The van der Waals surface area contributed by atoms with Gasteiger partial charge in [-0.3, -0.25) is 4.79 Å². The number of aromatic amines is 1. The highest BCUT2D eigenvalue weighted by molar-refractivity contribution is 5.80. The van der Waals surface area contributed by atoms with Crippen molar-refractivity contribution in [1.82, 2.24) is 4.98 Å². The lowest BCUT2D eigenvalue weighted by molar-refractivity contribution is -0.143. The molecule has 0 fully saturated rings. The van der Waals surface area contributed by atoms with Gasteiger partial charge in [-0.05, 0) is 36.4 Å². The van der Waals surface area contributed by atoms with Crippen molar-refractivity contribution in [2.24, 2.45) is 0 Å². The number of hydrogen-bond acceptors (Lipinski definition) is 2. The molecule has 0 unspecified atom stereocenters. The first kappa shape index (κ1) is 10.7. The predicted molar refractivity (Wildman–Crippen MR) is 63.3 cm³/mol. The molecule has 84 valence electrons. The SMILES string of the molecule is CCOC(=O)CCc1ccc2cc[nH]c2c1. The van der Waals surface area contributed by atoms with Gasteiger partial charge in [-0.2, -0.15) is 0 Å². The van der Waals surface area contributed by atoms with Crippen LogP contribution in [0.2, 0.25) is 0 Å². The van der Waals surface area contributed by atoms with Gasteiger partial charge in [0.15, 0.2) is 0 Å². The Morgan fingerprint density at radius 2 is 2.25 bits per heavy atom. The summed E-state index contributed by atoms with van der Waals surface area (Å²) in [6.45, 7) is 2.28. The summed E-state index contributed by atoms with van der Waals surface area (Å²) < 4.78 is 4.89. The summed E-state index contributed by atoms with van der Waals surface area (Å²) in [6.07, 6.45) is 3.09. The van der Waals surface area contributed by atoms with E-state index in [1.165, 1.54) is 5.39 Å². The van der Waals surface area contributed by atoms with E-state index in [0.29, 0.717) is 13.0 Å². The van der Waals surface area contributed by atoms with Crippen LogP contribution in [-0.4, -0.2) is 17.6 Å². The van der Waals surface area contributed by atoms with Crippen molar-refractivity contribution >= 4 is 16.9 Å². The van der Waals surface area contributed by atoms with Gasteiger partial charge in [-0.15, -0.1) is 0 Å². The van der Waals surface area contributed by atoms with Gasteiger partial charge in [-0.1, -0.05) is 12.1 Å². The van der Waals surface area contributed by atoms with Gasteiger partial charge in [0, 0.05) is 18.1 Å². The summed E-state index contributed by atoms with van der Waals surface area (Å²) in [5.74, 6) is -0.130. The number of rotatable bonds is 4. The zero-order valence-corrected chi connectivity index (χ0v) is 9.32. The third-order valence-electron chi connectivity index (χ3n) is 2.54. The summed E-state index contributed by atoms with van der Waals surface area (Å²) in [5, 5.41) is 1.19. The molecule has 0 amide bonds. The highest BCUT2D eigenvalue weighted by Gasteiger charge is 2.03. The van der Waals surface area contributed by atoms with Crippen molar-refractivity contribution in [3.8, 4) is 0 Å². The van der Waals surface area contributed by atoms with E-state index >= 15 is 0 Å². The van der Waals surface area contributed by atoms with Crippen molar-refractivity contribution in [2.75, 3.05) is 6.61 Å². The number of carbonyl (C=O) groups is 1. The summed E-state index contributed by atoms with van der Waals surface area (Å²) in [7, 11) is 0. The highest BCUT2D eigenvalue weighted by atomic mass is 16.5. The van der Waals surface area contributed by atoms with Crippen LogP contribution in [0, 0.1) is 0 Å². The number of aryl methyl sites for hydroxylation is 1. The van der Waals surface area contributed by atoms with Crippen molar-refractivity contribution in [3.05, 3.63) is 36.0 Å². The Morgan fingerprint density at radius 1 is 1.38 bits per heavy atom. The van der Waals surface area contributed by atoms with Gasteiger partial charge >= 0.3 is 5.97 Å². The molecule has 0 spiro atoms. The number of nitrogens with one attached hydrogen (secondary N) is 1. The van der Waals surface area contributed by atoms with E-state index in [4.69, 9.17) is 4.74 Å². The third kappa shape index (κ3) is 2.42. The lowest BCUT2D eigenvalue weighted by Crippen LogP contribution is -2.05. The first-order valence-corrected chi connectivity index (χ1v) is 5.51. The molecule has 0 atom stereocenters. The summed E-state index contributed by atoms with van der Waals surface area (Å²) in [5.41, 5.74) is 2.27. The minimum atomic E-state index is -0.130. The van der Waals surface area contributed by atoms with E-state index in [-0.39, 0.29) is 5.97 Å². The fourth-order valence-corrected chi connectivity index (χ4v) is 1.73. The molecular formula is C13H15NO2. The van der Waals surface area contributed by atoms with Crippen LogP contribution in [-0.2, 0) is 16.0 Å². The standard InChI is InChI=1S/C13H15NO2/c1-2-16-13(15)6-4-10-3-5-11-7-8-14-12(11)9-10/h3,5,7-9,14H,2,4,6H2,1H3. The molecule has 3 heteroatoms. The van der Waals surface area contributed by atoms with Crippen LogP contribution in [0.5, 0.6) is 0 Å². The molecular weight excluding hydrogens is 202 g/mol. The third-order valence-corrected chi connectivity index (χ3v) is 2.54. The van der Waals surface area contributed by atoms with Crippen molar-refractivity contribution in [3.63, 3.8) is 0 Å². The molecule has 3 nitrogen and oxygen atoms in total. The van der Waals surface area contributed by atoms with E-state index in [2.05, 4.69) is 23.2 Å². The normalized spacial score (nSPS) is 10.6. The van der Waals surface area contributed by atoms with E-state index < -0.39 is 0 Å². The number of benzene rings is 1. The first-order valence-electron chi connectivity index (χ1n) is 5.51. The monoisotopic (exact) mass is 217 g/mol. The largest absolute Gasteiger partial charge is 0.466 e. The lowest BCUT2D eigenvalue weighted by Gasteiger charge is -2.02. The topological polar surface area (TPSA) is 42.1 Å². The van der Waals surface area contributed by atoms with Crippen LogP contribution >= 0.6 is 0 Å². The number of H-pyrrole nitrogens is 1. The van der Waals surface area contributed by atoms with Crippen LogP contribution < -0.4 is 0 Å². The molecule has 0 saturated carbocycles. The zero-order chi connectivity index (χ0) is 11.4. The minimum absolute atomic E-state index is 0.130. The molecule has 0 aliphatic heterocycles. The second-order valence-electron chi connectivity index (χ2n) is 3.70. The Balaban J connectivity index is 2.01. The average molecular weight is 217 g/mol. The maximum absolute atomic E-state index is 11.2. The molecule has 2 rings (SSSR count). The number of carbonyl (C=O) groups excluding carboxylic acids is 1. The Morgan fingerprint density at radius 3 is 3.06 bits per heavy atom. The van der Waals surface area contributed by atoms with Gasteiger partial charge in [-0.25, -0.2) is 0 Å². The second kappa shape index (κ2) is 4.84. The van der Waals surface area contributed by atoms with Gasteiger partial charge in [0.25, 0.3) is 0 Å². The van der Waals surface area contributed by atoms with E-state index in [0.717, 1.165) is 17.5 Å². The molecule has 0 aliphatic carbocycles. The summed E-state index contributed by atoms with van der Waals surface area (Å²) in [6, 6.07) is 8.22. The molecule has 1 aromatic heterocycles. The fourth-order valence-electron chi connectivity index (χ4n) is 1.73. The Kier molecular flexibility index (Phi) is 3.25. The predicted octanol–water partition coefficient (Wildman–Crippen LogP) is 2.66. The van der Waals surface area contributed by atoms with Crippen LogP contribution in [0.3, 0.4) is 0 Å². The first-order chi connectivity index (χ1) is 7.79. The fraction of sp³-hybridized carbons (Fsp3) is 0.308. The number of esters is 1. The molecule has 1 N–H and O–H groups in total. The highest BCUT2D eigenvalue weighted by Crippen LogP contribution is 2.15. The maximum Gasteiger partial charge on any atom is 0.306 e. The Labute approximate surface area is 94.4 Å². The van der Waals surface area contributed by atoms with Gasteiger partial charge in [0.1, 0.15) is 0 Å². The molecule has 2 aromatic rings. The van der Waals surface area contributed by atoms with Crippen molar-refractivity contribution < 1.29 is 9.53 Å². The van der Waals surface area contributed by atoms with Crippen LogP contribution in [0.1, 0.15) is 18.9 Å². The number of ether oxygens (including phenoxy) is 1. The van der Waals surface area contributed by atoms with E-state index in [9.17, 15) is 4.79 Å². The quantitative estimate of drug-likeness (QED) is 0.800. The second-order valence-corrected chi connectivity index (χ2v) is 3.70. The summed E-state index contributed by atoms with van der Waals surface area (Å²) in [4.78, 5) is 14.4. The number of hydrogen-bond donors (Lipinski definition) is 1. The molecule has 1 heterocycles. The summed E-state index contributed by atoms with van der Waals surface area (Å²) >= 11 is 0. The number of aromatic nitrogens is 1. The van der Waals surface area contributed by atoms with Crippen LogP contribution in [0.15, 0.2) is 30.5 Å². The van der Waals surface area contributed by atoms with Crippen LogP contribution in [0.25, 0.3) is 10.9 Å². The Bertz CT molecular complexity index is 487. The smallest absolute Gasteiger partial charge is 0.306 e. The average Bonchev–Trinajstić information content (AvgIpc) is 2.74. The minimum Gasteiger partial charge on any atom is -0.466 e. The Hall–Kier alpha value is -1.77. The van der Waals surface area contributed by atoms with E-state index in [1.54, 1.807) is 0 Å².